The van der Waals surface area contributed by atoms with Crippen LogP contribution in [-0.4, -0.2) is 42.5 Å². The Balaban J connectivity index is 1.82. The van der Waals surface area contributed by atoms with Crippen molar-refractivity contribution < 1.29 is 23.9 Å². The fourth-order valence-electron chi connectivity index (χ4n) is 1.75. The minimum absolute atomic E-state index is 0.0619. The average molecular weight is 215 g/mol. The highest BCUT2D eigenvalue weighted by Crippen LogP contribution is 2.25. The van der Waals surface area contributed by atoms with E-state index in [2.05, 4.69) is 0 Å². The van der Waals surface area contributed by atoms with Crippen molar-refractivity contribution in [3.63, 3.8) is 0 Å². The van der Waals surface area contributed by atoms with Gasteiger partial charge < -0.3 is 14.3 Å². The summed E-state index contributed by atoms with van der Waals surface area (Å²) >= 11 is 0. The number of hydroxylamine groups is 2. The summed E-state index contributed by atoms with van der Waals surface area (Å²) in [6, 6.07) is 0.0619. The predicted octanol–water partition coefficient (Wildman–Crippen LogP) is -0.172. The maximum absolute atomic E-state index is 11.0. The van der Waals surface area contributed by atoms with Crippen LogP contribution in [0.15, 0.2) is 0 Å². The molecule has 2 aliphatic rings. The van der Waals surface area contributed by atoms with Crippen molar-refractivity contribution >= 4 is 11.9 Å². The minimum Gasteiger partial charge on any atom is -0.463 e. The lowest BCUT2D eigenvalue weighted by Gasteiger charge is -2.31. The molecule has 2 aliphatic heterocycles. The Morgan fingerprint density at radius 3 is 3.20 bits per heavy atom. The number of nitrogens with zero attached hydrogens (tertiary/aromatic N) is 1. The molecule has 2 rings (SSSR count). The van der Waals surface area contributed by atoms with Gasteiger partial charge in [0.15, 0.2) is 0 Å². The van der Waals surface area contributed by atoms with E-state index in [1.165, 1.54) is 12.0 Å². The molecule has 6 heteroatoms. The monoisotopic (exact) mass is 215 g/mol. The van der Waals surface area contributed by atoms with E-state index in [-0.39, 0.29) is 37.4 Å². The number of hydrogen-bond acceptors (Lipinski definition) is 6. The molecule has 84 valence electrons. The second-order valence-corrected chi connectivity index (χ2v) is 3.69. The number of esters is 1. The van der Waals surface area contributed by atoms with Gasteiger partial charge in [-0.1, -0.05) is 0 Å². The zero-order chi connectivity index (χ0) is 10.8. The minimum atomic E-state index is -0.320. The second-order valence-electron chi connectivity index (χ2n) is 3.69. The highest BCUT2D eigenvalue weighted by molar-refractivity contribution is 5.71. The lowest BCUT2D eigenvalue weighted by molar-refractivity contribution is -0.233. The molecule has 0 aliphatic carbocycles. The smallest absolute Gasteiger partial charge is 0.326 e. The van der Waals surface area contributed by atoms with Crippen LogP contribution in [0.3, 0.4) is 0 Å². The molecular weight excluding hydrogens is 202 g/mol. The lowest BCUT2D eigenvalue weighted by Crippen LogP contribution is -2.43. The molecule has 2 heterocycles. The van der Waals surface area contributed by atoms with Gasteiger partial charge in [-0.2, -0.15) is 0 Å². The van der Waals surface area contributed by atoms with Gasteiger partial charge in [0.05, 0.1) is 18.6 Å². The van der Waals surface area contributed by atoms with Crippen LogP contribution in [0.1, 0.15) is 19.8 Å². The first-order valence-electron chi connectivity index (χ1n) is 4.87. The first-order valence-corrected chi connectivity index (χ1v) is 4.87. The van der Waals surface area contributed by atoms with Crippen molar-refractivity contribution in [3.8, 4) is 0 Å². The van der Waals surface area contributed by atoms with Crippen LogP contribution >= 0.6 is 0 Å². The standard InChI is InChI=1S/C9H13NO5/c1-6(11)13-4-8-2-7-3-9(12)15-10(7)5-14-8/h7-8H,2-5H2,1H3/t7-,8+/m1/s1. The molecule has 0 aromatic carbocycles. The third-order valence-electron chi connectivity index (χ3n) is 2.47. The van der Waals surface area contributed by atoms with Gasteiger partial charge in [-0.05, 0) is 6.42 Å². The van der Waals surface area contributed by atoms with Crippen LogP contribution in [0.2, 0.25) is 0 Å². The summed E-state index contributed by atoms with van der Waals surface area (Å²) in [6.45, 7) is 1.85. The van der Waals surface area contributed by atoms with Gasteiger partial charge in [-0.25, -0.2) is 0 Å². The van der Waals surface area contributed by atoms with E-state index in [4.69, 9.17) is 14.3 Å². The molecule has 0 N–H and O–H groups in total. The van der Waals surface area contributed by atoms with Gasteiger partial charge >= 0.3 is 11.9 Å². The molecule has 0 bridgehead atoms. The van der Waals surface area contributed by atoms with Crippen molar-refractivity contribution in [3.05, 3.63) is 0 Å². The summed E-state index contributed by atoms with van der Waals surface area (Å²) in [7, 11) is 0. The Kier molecular flexibility index (Phi) is 2.88. The molecule has 2 saturated heterocycles. The normalized spacial score (nSPS) is 30.9. The average Bonchev–Trinajstić information content (AvgIpc) is 2.53. The van der Waals surface area contributed by atoms with Crippen LogP contribution in [-0.2, 0) is 23.9 Å². The van der Waals surface area contributed by atoms with Gasteiger partial charge in [0.2, 0.25) is 0 Å². The number of hydrogen-bond donors (Lipinski definition) is 0. The summed E-state index contributed by atoms with van der Waals surface area (Å²) in [6.07, 6.45) is 0.906. The third-order valence-corrected chi connectivity index (χ3v) is 2.47. The van der Waals surface area contributed by atoms with E-state index in [0.717, 1.165) is 0 Å². The number of ether oxygens (including phenoxy) is 2. The summed E-state index contributed by atoms with van der Waals surface area (Å²) < 4.78 is 10.2. The summed E-state index contributed by atoms with van der Waals surface area (Å²) in [5.74, 6) is -0.545. The van der Waals surface area contributed by atoms with Crippen molar-refractivity contribution in [1.82, 2.24) is 5.06 Å². The Morgan fingerprint density at radius 2 is 2.47 bits per heavy atom. The van der Waals surface area contributed by atoms with E-state index in [1.54, 1.807) is 0 Å². The van der Waals surface area contributed by atoms with E-state index in [9.17, 15) is 9.59 Å². The Labute approximate surface area is 87.0 Å². The van der Waals surface area contributed by atoms with Crippen LogP contribution in [0, 0.1) is 0 Å². The fraction of sp³-hybridized carbons (Fsp3) is 0.778. The molecule has 2 atom stereocenters. The predicted molar refractivity (Wildman–Crippen MR) is 47.3 cm³/mol. The maximum atomic E-state index is 11.0. The molecule has 0 saturated carbocycles. The largest absolute Gasteiger partial charge is 0.463 e. The maximum Gasteiger partial charge on any atom is 0.326 e. The molecule has 15 heavy (non-hydrogen) atoms. The van der Waals surface area contributed by atoms with Crippen molar-refractivity contribution in [2.75, 3.05) is 13.3 Å². The van der Waals surface area contributed by atoms with E-state index in [1.807, 2.05) is 0 Å². The van der Waals surface area contributed by atoms with Gasteiger partial charge in [0.25, 0.3) is 0 Å². The van der Waals surface area contributed by atoms with E-state index < -0.39 is 0 Å². The second kappa shape index (κ2) is 4.16. The zero-order valence-corrected chi connectivity index (χ0v) is 8.47. The molecule has 6 nitrogen and oxygen atoms in total. The molecular formula is C9H13NO5. The zero-order valence-electron chi connectivity index (χ0n) is 8.47. The quantitative estimate of drug-likeness (QED) is 0.596. The number of carbonyl (C=O) groups is 2. The fourth-order valence-corrected chi connectivity index (χ4v) is 1.75. The van der Waals surface area contributed by atoms with Gasteiger partial charge in [-0.3, -0.25) is 9.59 Å². The van der Waals surface area contributed by atoms with Crippen molar-refractivity contribution in [2.45, 2.75) is 31.9 Å². The lowest BCUT2D eigenvalue weighted by atomic mass is 10.1. The van der Waals surface area contributed by atoms with E-state index >= 15 is 0 Å². The molecule has 0 amide bonds. The molecule has 0 unspecified atom stereocenters. The third kappa shape index (κ3) is 2.45. The van der Waals surface area contributed by atoms with Crippen molar-refractivity contribution in [1.29, 1.82) is 0 Å². The Bertz CT molecular complexity index is 280. The highest BCUT2D eigenvalue weighted by Gasteiger charge is 2.39. The van der Waals surface area contributed by atoms with E-state index in [0.29, 0.717) is 12.8 Å². The van der Waals surface area contributed by atoms with Gasteiger partial charge in [0, 0.05) is 6.92 Å². The van der Waals surface area contributed by atoms with Gasteiger partial charge in [0.1, 0.15) is 13.3 Å². The van der Waals surface area contributed by atoms with Crippen LogP contribution < -0.4 is 0 Å². The first-order chi connectivity index (χ1) is 7.15. The molecule has 0 aromatic heterocycles. The molecule has 0 radical (unpaired) electrons. The number of rotatable bonds is 2. The Hall–Kier alpha value is -1.14. The molecule has 2 fully saturated rings. The van der Waals surface area contributed by atoms with Gasteiger partial charge in [-0.15, -0.1) is 5.06 Å². The highest BCUT2D eigenvalue weighted by atomic mass is 16.7. The van der Waals surface area contributed by atoms with Crippen LogP contribution in [0.4, 0.5) is 0 Å². The van der Waals surface area contributed by atoms with Crippen LogP contribution in [0.25, 0.3) is 0 Å². The number of fused-ring (bicyclic) bond motifs is 1. The first kappa shape index (κ1) is 10.4. The Morgan fingerprint density at radius 1 is 1.67 bits per heavy atom. The summed E-state index contributed by atoms with van der Waals surface area (Å²) in [5.41, 5.74) is 0. The summed E-state index contributed by atoms with van der Waals surface area (Å²) in [4.78, 5) is 26.5. The van der Waals surface area contributed by atoms with Crippen molar-refractivity contribution in [2.24, 2.45) is 0 Å². The van der Waals surface area contributed by atoms with Crippen LogP contribution in [0.5, 0.6) is 0 Å². The number of carbonyl (C=O) groups excluding carboxylic acids is 2. The topological polar surface area (TPSA) is 65.1 Å². The summed E-state index contributed by atoms with van der Waals surface area (Å²) in [5, 5.41) is 1.53. The molecule has 0 spiro atoms. The molecule has 0 aromatic rings. The SMILES string of the molecule is CC(=O)OC[C@@H]1C[C@@H]2CC(=O)ON2CO1.